The van der Waals surface area contributed by atoms with Crippen molar-refractivity contribution in [2.24, 2.45) is 5.92 Å². The number of hydrogen-bond donors (Lipinski definition) is 1. The topological polar surface area (TPSA) is 29.5 Å². The van der Waals surface area contributed by atoms with Crippen LogP contribution in [0.5, 0.6) is 0 Å². The zero-order chi connectivity index (χ0) is 14.0. The van der Waals surface area contributed by atoms with E-state index in [1.54, 1.807) is 0 Å². The molecule has 1 fully saturated rings. The summed E-state index contributed by atoms with van der Waals surface area (Å²) in [5.41, 5.74) is 0. The predicted molar refractivity (Wildman–Crippen MR) is 80.3 cm³/mol. The van der Waals surface area contributed by atoms with Crippen LogP contribution in [0, 0.1) is 5.92 Å². The van der Waals surface area contributed by atoms with E-state index in [1.807, 2.05) is 6.92 Å². The van der Waals surface area contributed by atoms with Crippen molar-refractivity contribution < 1.29 is 9.53 Å². The third kappa shape index (κ3) is 4.07. The van der Waals surface area contributed by atoms with Crippen LogP contribution >= 0.6 is 0 Å². The van der Waals surface area contributed by atoms with E-state index in [-0.39, 0.29) is 17.2 Å². The molecule has 18 heavy (non-hydrogen) atoms. The molecule has 108 valence electrons. The number of hydrogen-bond acceptors (Lipinski definition) is 2. The Morgan fingerprint density at radius 3 is 2.00 bits per heavy atom. The first-order valence-corrected chi connectivity index (χ1v) is 10.4. The Balaban J connectivity index is 2.74. The van der Waals surface area contributed by atoms with Gasteiger partial charge in [0.1, 0.15) is 0 Å². The zero-order valence-electron chi connectivity index (χ0n) is 13.1. The summed E-state index contributed by atoms with van der Waals surface area (Å²) in [5.74, 6) is 0.563. The van der Waals surface area contributed by atoms with Gasteiger partial charge in [0.25, 0.3) is 0 Å². The number of aliphatic hydroxyl groups is 1. The third-order valence-electron chi connectivity index (χ3n) is 4.83. The van der Waals surface area contributed by atoms with Gasteiger partial charge in [-0.1, -0.05) is 40.0 Å². The maximum Gasteiger partial charge on any atom is 0.192 e. The fourth-order valence-corrected chi connectivity index (χ4v) is 3.99. The smallest absolute Gasteiger partial charge is 0.192 e. The van der Waals surface area contributed by atoms with E-state index < -0.39 is 8.32 Å². The summed E-state index contributed by atoms with van der Waals surface area (Å²) in [6.45, 7) is 13.3. The quantitative estimate of drug-likeness (QED) is 0.772. The average molecular weight is 273 g/mol. The number of aliphatic hydroxyl groups excluding tert-OH is 1. The molecule has 0 heterocycles. The van der Waals surface area contributed by atoms with Crippen LogP contribution in [0.2, 0.25) is 18.1 Å². The van der Waals surface area contributed by atoms with Crippen molar-refractivity contribution in [3.05, 3.63) is 0 Å². The van der Waals surface area contributed by atoms with Crippen molar-refractivity contribution in [3.63, 3.8) is 0 Å². The molecular formula is C15H32O2Si. The lowest BCUT2D eigenvalue weighted by atomic mass is 9.84. The molecule has 0 spiro atoms. The zero-order valence-corrected chi connectivity index (χ0v) is 14.1. The highest BCUT2D eigenvalue weighted by Gasteiger charge is 2.42. The highest BCUT2D eigenvalue weighted by Crippen LogP contribution is 2.40. The molecule has 3 heteroatoms. The van der Waals surface area contributed by atoms with Crippen molar-refractivity contribution >= 4 is 8.32 Å². The second-order valence-electron chi connectivity index (χ2n) is 7.48. The molecule has 1 aliphatic carbocycles. The van der Waals surface area contributed by atoms with E-state index >= 15 is 0 Å². The van der Waals surface area contributed by atoms with E-state index in [0.717, 1.165) is 0 Å². The Kier molecular flexibility index (Phi) is 5.45. The summed E-state index contributed by atoms with van der Waals surface area (Å²) in [6, 6.07) is 0. The first kappa shape index (κ1) is 16.2. The van der Waals surface area contributed by atoms with Gasteiger partial charge in [0.15, 0.2) is 8.32 Å². The monoisotopic (exact) mass is 272 g/mol. The van der Waals surface area contributed by atoms with Crippen LogP contribution in [0.25, 0.3) is 0 Å². The van der Waals surface area contributed by atoms with Gasteiger partial charge < -0.3 is 9.53 Å². The summed E-state index contributed by atoms with van der Waals surface area (Å²) < 4.78 is 6.49. The van der Waals surface area contributed by atoms with Crippen molar-refractivity contribution in [1.29, 1.82) is 0 Å². The molecule has 1 aliphatic rings. The highest BCUT2D eigenvalue weighted by atomic mass is 28.4. The van der Waals surface area contributed by atoms with Crippen molar-refractivity contribution in [3.8, 4) is 0 Å². The molecule has 2 atom stereocenters. The average Bonchev–Trinajstić information content (AvgIpc) is 2.25. The summed E-state index contributed by atoms with van der Waals surface area (Å²) in [6.07, 6.45) is 6.11. The Labute approximate surface area is 114 Å². The van der Waals surface area contributed by atoms with Gasteiger partial charge in [0.05, 0.1) is 12.2 Å². The van der Waals surface area contributed by atoms with Crippen LogP contribution in [0.15, 0.2) is 0 Å². The lowest BCUT2D eigenvalue weighted by Crippen LogP contribution is -2.49. The van der Waals surface area contributed by atoms with Gasteiger partial charge in [-0.25, -0.2) is 0 Å². The number of rotatable bonds is 4. The van der Waals surface area contributed by atoms with Crippen molar-refractivity contribution in [1.82, 2.24) is 0 Å². The summed E-state index contributed by atoms with van der Waals surface area (Å²) in [5, 5.41) is 10.3. The maximum absolute atomic E-state index is 10.1. The first-order valence-electron chi connectivity index (χ1n) is 7.51. The molecule has 0 aliphatic heterocycles. The molecule has 1 N–H and O–H groups in total. The largest absolute Gasteiger partial charge is 0.411 e. The highest BCUT2D eigenvalue weighted by molar-refractivity contribution is 6.74. The molecule has 0 amide bonds. The van der Waals surface area contributed by atoms with E-state index in [1.165, 1.54) is 32.1 Å². The standard InChI is InChI=1S/C15H32O2Si/c1-12(16)14(13-10-8-7-9-11-13)17-18(5,6)15(2,3)4/h12-14,16H,7-11H2,1-6H3/t12-,14-/m0/s1. The molecule has 1 rings (SSSR count). The van der Waals surface area contributed by atoms with Gasteiger partial charge in [-0.05, 0) is 43.8 Å². The first-order chi connectivity index (χ1) is 8.15. The predicted octanol–water partition coefficient (Wildman–Crippen LogP) is 4.34. The van der Waals surface area contributed by atoms with Crippen LogP contribution in [-0.4, -0.2) is 25.6 Å². The van der Waals surface area contributed by atoms with Crippen molar-refractivity contribution in [2.45, 2.75) is 90.1 Å². The Morgan fingerprint density at radius 1 is 1.11 bits per heavy atom. The van der Waals surface area contributed by atoms with E-state index in [9.17, 15) is 5.11 Å². The second-order valence-corrected chi connectivity index (χ2v) is 12.2. The summed E-state index contributed by atoms with van der Waals surface area (Å²) >= 11 is 0. The van der Waals surface area contributed by atoms with Crippen LogP contribution in [-0.2, 0) is 4.43 Å². The maximum atomic E-state index is 10.1. The summed E-state index contributed by atoms with van der Waals surface area (Å²) in [7, 11) is -1.77. The fourth-order valence-electron chi connectivity index (χ4n) is 2.57. The van der Waals surface area contributed by atoms with Crippen LogP contribution in [0.1, 0.15) is 59.8 Å². The molecule has 0 radical (unpaired) electrons. The molecule has 1 saturated carbocycles. The second kappa shape index (κ2) is 6.06. The van der Waals surface area contributed by atoms with Crippen LogP contribution < -0.4 is 0 Å². The van der Waals surface area contributed by atoms with Gasteiger partial charge in [0.2, 0.25) is 0 Å². The molecule has 0 saturated heterocycles. The Hall–Kier alpha value is 0.137. The SMILES string of the molecule is C[C@H](O)[C@H](O[Si](C)(C)C(C)(C)C)C1CCCCC1. The normalized spacial score (nSPS) is 22.8. The molecule has 0 unspecified atom stereocenters. The lowest BCUT2D eigenvalue weighted by Gasteiger charge is -2.43. The fraction of sp³-hybridized carbons (Fsp3) is 1.00. The van der Waals surface area contributed by atoms with Gasteiger partial charge >= 0.3 is 0 Å². The van der Waals surface area contributed by atoms with Gasteiger partial charge in [0, 0.05) is 0 Å². The minimum atomic E-state index is -1.77. The lowest BCUT2D eigenvalue weighted by molar-refractivity contribution is -0.00890. The van der Waals surface area contributed by atoms with Gasteiger partial charge in [-0.3, -0.25) is 0 Å². The molecule has 0 aromatic rings. The van der Waals surface area contributed by atoms with Gasteiger partial charge in [-0.15, -0.1) is 0 Å². The van der Waals surface area contributed by atoms with Crippen molar-refractivity contribution in [2.75, 3.05) is 0 Å². The third-order valence-corrected chi connectivity index (χ3v) is 9.30. The molecule has 2 nitrogen and oxygen atoms in total. The molecule has 0 aromatic carbocycles. The van der Waals surface area contributed by atoms with E-state index in [0.29, 0.717) is 5.92 Å². The minimum Gasteiger partial charge on any atom is -0.411 e. The van der Waals surface area contributed by atoms with Crippen LogP contribution in [0.3, 0.4) is 0 Å². The molecule has 0 bridgehead atoms. The molecule has 0 aromatic heterocycles. The van der Waals surface area contributed by atoms with Crippen LogP contribution in [0.4, 0.5) is 0 Å². The Morgan fingerprint density at radius 2 is 1.61 bits per heavy atom. The minimum absolute atomic E-state index is 0.0474. The van der Waals surface area contributed by atoms with Gasteiger partial charge in [-0.2, -0.15) is 0 Å². The summed E-state index contributed by atoms with van der Waals surface area (Å²) in [4.78, 5) is 0. The molecular weight excluding hydrogens is 240 g/mol. The van der Waals surface area contributed by atoms with E-state index in [2.05, 4.69) is 33.9 Å². The van der Waals surface area contributed by atoms with E-state index in [4.69, 9.17) is 4.43 Å². The Bertz CT molecular complexity index is 250.